The first kappa shape index (κ1) is 19.8. The van der Waals surface area contributed by atoms with Gasteiger partial charge in [0.1, 0.15) is 5.75 Å². The van der Waals surface area contributed by atoms with E-state index < -0.39 is 5.97 Å². The third-order valence-corrected chi connectivity index (χ3v) is 4.05. The molecule has 0 spiro atoms. The molecular weight excluding hydrogens is 354 g/mol. The summed E-state index contributed by atoms with van der Waals surface area (Å²) in [5.41, 5.74) is 1.88. The van der Waals surface area contributed by atoms with Gasteiger partial charge in [0.15, 0.2) is 0 Å². The van der Waals surface area contributed by atoms with Crippen LogP contribution in [-0.4, -0.2) is 25.6 Å². The van der Waals surface area contributed by atoms with Gasteiger partial charge in [0.05, 0.1) is 30.0 Å². The summed E-state index contributed by atoms with van der Waals surface area (Å²) in [6, 6.07) is 12.5. The smallest absolute Gasteiger partial charge is 0.337 e. The van der Waals surface area contributed by atoms with Gasteiger partial charge in [-0.2, -0.15) is 0 Å². The van der Waals surface area contributed by atoms with Crippen molar-refractivity contribution in [2.24, 2.45) is 0 Å². The number of unbranched alkanes of at least 4 members (excludes halogenated alkanes) is 1. The summed E-state index contributed by atoms with van der Waals surface area (Å²) in [4.78, 5) is 23.6. The van der Waals surface area contributed by atoms with Crippen molar-refractivity contribution in [2.75, 3.05) is 19.0 Å². The van der Waals surface area contributed by atoms with E-state index in [0.29, 0.717) is 35.7 Å². The van der Waals surface area contributed by atoms with Gasteiger partial charge in [-0.05, 0) is 55.7 Å². The van der Waals surface area contributed by atoms with Crippen LogP contribution >= 0.6 is 11.6 Å². The maximum Gasteiger partial charge on any atom is 0.337 e. The highest BCUT2D eigenvalue weighted by molar-refractivity contribution is 6.33. The number of hydrogen-bond acceptors (Lipinski definition) is 4. The molecule has 0 radical (unpaired) electrons. The van der Waals surface area contributed by atoms with Gasteiger partial charge >= 0.3 is 5.97 Å². The summed E-state index contributed by atoms with van der Waals surface area (Å²) in [7, 11) is 1.30. The molecule has 0 fully saturated rings. The number of ether oxygens (including phenoxy) is 2. The van der Waals surface area contributed by atoms with Crippen molar-refractivity contribution in [1.29, 1.82) is 0 Å². The van der Waals surface area contributed by atoms with Crippen molar-refractivity contribution in [3.63, 3.8) is 0 Å². The van der Waals surface area contributed by atoms with Crippen LogP contribution in [0, 0.1) is 6.92 Å². The zero-order valence-electron chi connectivity index (χ0n) is 14.9. The number of rotatable bonds is 8. The fraction of sp³-hybridized carbons (Fsp3) is 0.300. The zero-order valence-corrected chi connectivity index (χ0v) is 15.6. The SMILES string of the molecule is COC(=O)c1ccc(Cl)c(NC(=O)CCCCOc2cccc(C)c2)c1. The molecule has 2 aromatic rings. The summed E-state index contributed by atoms with van der Waals surface area (Å²) < 4.78 is 10.3. The molecule has 26 heavy (non-hydrogen) atoms. The third-order valence-electron chi connectivity index (χ3n) is 3.72. The Morgan fingerprint density at radius 3 is 2.65 bits per heavy atom. The van der Waals surface area contributed by atoms with Crippen LogP contribution < -0.4 is 10.1 Å². The van der Waals surface area contributed by atoms with Crippen molar-refractivity contribution in [2.45, 2.75) is 26.2 Å². The second-order valence-electron chi connectivity index (χ2n) is 5.86. The second-order valence-corrected chi connectivity index (χ2v) is 6.26. The fourth-order valence-corrected chi connectivity index (χ4v) is 2.53. The Morgan fingerprint density at radius 2 is 1.92 bits per heavy atom. The number of carbonyl (C=O) groups is 2. The number of hydrogen-bond donors (Lipinski definition) is 1. The minimum atomic E-state index is -0.481. The van der Waals surface area contributed by atoms with Crippen molar-refractivity contribution in [3.05, 3.63) is 58.6 Å². The van der Waals surface area contributed by atoms with Gasteiger partial charge in [-0.3, -0.25) is 4.79 Å². The lowest BCUT2D eigenvalue weighted by Gasteiger charge is -2.09. The molecule has 0 unspecified atom stereocenters. The van der Waals surface area contributed by atoms with E-state index in [4.69, 9.17) is 16.3 Å². The average molecular weight is 376 g/mol. The van der Waals surface area contributed by atoms with Crippen LogP contribution in [0.25, 0.3) is 0 Å². The van der Waals surface area contributed by atoms with E-state index in [1.165, 1.54) is 13.2 Å². The lowest BCUT2D eigenvalue weighted by Crippen LogP contribution is -2.13. The highest BCUT2D eigenvalue weighted by Crippen LogP contribution is 2.24. The monoisotopic (exact) mass is 375 g/mol. The summed E-state index contributed by atoms with van der Waals surface area (Å²) in [6.07, 6.45) is 1.79. The molecule has 6 heteroatoms. The molecule has 0 aromatic heterocycles. The molecule has 0 aliphatic carbocycles. The van der Waals surface area contributed by atoms with E-state index in [2.05, 4.69) is 10.1 Å². The normalized spacial score (nSPS) is 10.3. The fourth-order valence-electron chi connectivity index (χ4n) is 2.36. The van der Waals surface area contributed by atoms with Gasteiger partial charge in [0, 0.05) is 6.42 Å². The highest BCUT2D eigenvalue weighted by atomic mass is 35.5. The van der Waals surface area contributed by atoms with Gasteiger partial charge in [-0.25, -0.2) is 4.79 Å². The van der Waals surface area contributed by atoms with E-state index in [0.717, 1.165) is 17.7 Å². The molecule has 2 aromatic carbocycles. The average Bonchev–Trinajstić information content (AvgIpc) is 2.62. The predicted molar refractivity (Wildman–Crippen MR) is 102 cm³/mol. The lowest BCUT2D eigenvalue weighted by atomic mass is 10.2. The number of nitrogens with one attached hydrogen (secondary N) is 1. The zero-order chi connectivity index (χ0) is 18.9. The van der Waals surface area contributed by atoms with Crippen molar-refractivity contribution in [1.82, 2.24) is 0 Å². The number of methoxy groups -OCH3 is 1. The second kappa shape index (κ2) is 9.82. The van der Waals surface area contributed by atoms with E-state index >= 15 is 0 Å². The molecule has 1 amide bonds. The van der Waals surface area contributed by atoms with Gasteiger partial charge in [-0.15, -0.1) is 0 Å². The third kappa shape index (κ3) is 6.08. The van der Waals surface area contributed by atoms with Crippen LogP contribution in [-0.2, 0) is 9.53 Å². The quantitative estimate of drug-likeness (QED) is 0.540. The minimum absolute atomic E-state index is 0.163. The first-order valence-electron chi connectivity index (χ1n) is 8.37. The molecular formula is C20H22ClNO4. The summed E-state index contributed by atoms with van der Waals surface area (Å²) in [6.45, 7) is 2.56. The Labute approximate surface area is 158 Å². The van der Waals surface area contributed by atoms with Crippen LogP contribution in [0.5, 0.6) is 5.75 Å². The van der Waals surface area contributed by atoms with Crippen LogP contribution in [0.1, 0.15) is 35.2 Å². The molecule has 2 rings (SSSR count). The molecule has 0 aliphatic rings. The summed E-state index contributed by atoms with van der Waals surface area (Å²) in [5.74, 6) is 0.191. The number of amides is 1. The van der Waals surface area contributed by atoms with Gasteiger partial charge in [-0.1, -0.05) is 23.7 Å². The molecule has 138 valence electrons. The van der Waals surface area contributed by atoms with Gasteiger partial charge in [0.2, 0.25) is 5.91 Å². The number of halogens is 1. The summed E-state index contributed by atoms with van der Waals surface area (Å²) >= 11 is 6.07. The van der Waals surface area contributed by atoms with Crippen molar-refractivity contribution >= 4 is 29.2 Å². The Hall–Kier alpha value is -2.53. The van der Waals surface area contributed by atoms with E-state index in [1.54, 1.807) is 12.1 Å². The van der Waals surface area contributed by atoms with E-state index in [-0.39, 0.29) is 5.91 Å². The Morgan fingerprint density at radius 1 is 1.12 bits per heavy atom. The molecule has 0 bridgehead atoms. The summed E-state index contributed by atoms with van der Waals surface area (Å²) in [5, 5.41) is 3.10. The first-order chi connectivity index (χ1) is 12.5. The Bertz CT molecular complexity index is 776. The molecule has 0 aliphatic heterocycles. The first-order valence-corrected chi connectivity index (χ1v) is 8.74. The molecule has 0 atom stereocenters. The maximum absolute atomic E-state index is 12.1. The Kier molecular flexibility index (Phi) is 7.48. The molecule has 5 nitrogen and oxygen atoms in total. The standard InChI is InChI=1S/C20H22ClNO4/c1-14-6-5-7-16(12-14)26-11-4-3-8-19(23)22-18-13-15(20(24)25-2)9-10-17(18)21/h5-7,9-10,12-13H,3-4,8,11H2,1-2H3,(H,22,23). The topological polar surface area (TPSA) is 64.6 Å². The van der Waals surface area contributed by atoms with Crippen LogP contribution in [0.3, 0.4) is 0 Å². The van der Waals surface area contributed by atoms with Gasteiger partial charge < -0.3 is 14.8 Å². The number of anilines is 1. The van der Waals surface area contributed by atoms with E-state index in [1.807, 2.05) is 31.2 Å². The number of benzene rings is 2. The Balaban J connectivity index is 1.76. The van der Waals surface area contributed by atoms with E-state index in [9.17, 15) is 9.59 Å². The maximum atomic E-state index is 12.1. The van der Waals surface area contributed by atoms with Crippen molar-refractivity contribution < 1.29 is 19.1 Å². The molecule has 1 N–H and O–H groups in total. The van der Waals surface area contributed by atoms with Crippen LogP contribution in [0.2, 0.25) is 5.02 Å². The number of esters is 1. The molecule has 0 saturated carbocycles. The van der Waals surface area contributed by atoms with Crippen LogP contribution in [0.15, 0.2) is 42.5 Å². The molecule has 0 heterocycles. The van der Waals surface area contributed by atoms with Crippen molar-refractivity contribution in [3.8, 4) is 5.75 Å². The molecule has 0 saturated heterocycles. The largest absolute Gasteiger partial charge is 0.494 e. The highest BCUT2D eigenvalue weighted by Gasteiger charge is 2.11. The predicted octanol–water partition coefficient (Wildman–Crippen LogP) is 4.62. The van der Waals surface area contributed by atoms with Gasteiger partial charge in [0.25, 0.3) is 0 Å². The van der Waals surface area contributed by atoms with Crippen LogP contribution in [0.4, 0.5) is 5.69 Å². The minimum Gasteiger partial charge on any atom is -0.494 e. The lowest BCUT2D eigenvalue weighted by molar-refractivity contribution is -0.116. The number of carbonyl (C=O) groups excluding carboxylic acids is 2. The number of aryl methyl sites for hydroxylation is 1.